The van der Waals surface area contributed by atoms with Crippen molar-refractivity contribution in [2.24, 2.45) is 5.92 Å². The van der Waals surface area contributed by atoms with Crippen molar-refractivity contribution < 1.29 is 9.84 Å². The van der Waals surface area contributed by atoms with Crippen molar-refractivity contribution in [3.05, 3.63) is 144 Å². The molecule has 4 aromatic carbocycles. The lowest BCUT2D eigenvalue weighted by Gasteiger charge is -2.52. The molecule has 3 fully saturated rings. The van der Waals surface area contributed by atoms with Gasteiger partial charge in [-0.15, -0.1) is 0 Å². The van der Waals surface area contributed by atoms with Crippen molar-refractivity contribution >= 4 is 0 Å². The third-order valence-corrected chi connectivity index (χ3v) is 8.19. The molecule has 0 aliphatic carbocycles. The normalized spacial score (nSPS) is 24.4. The average molecular weight is 500 g/mol. The lowest BCUT2D eigenvalue weighted by atomic mass is 9.72. The van der Waals surface area contributed by atoms with Gasteiger partial charge in [0.15, 0.2) is 0 Å². The summed E-state index contributed by atoms with van der Waals surface area (Å²) >= 11 is 0. The quantitative estimate of drug-likeness (QED) is 0.266. The number of ether oxygens (including phenoxy) is 1. The van der Waals surface area contributed by atoms with E-state index in [4.69, 9.17) is 4.74 Å². The van der Waals surface area contributed by atoms with Crippen LogP contribution in [0.2, 0.25) is 0 Å². The Morgan fingerprint density at radius 2 is 1.26 bits per heavy atom. The van der Waals surface area contributed by atoms with Crippen LogP contribution in [-0.2, 0) is 10.3 Å². The van der Waals surface area contributed by atoms with Gasteiger partial charge in [-0.2, -0.15) is 0 Å². The van der Waals surface area contributed by atoms with E-state index in [2.05, 4.69) is 89.5 Å². The average Bonchev–Trinajstić information content (AvgIpc) is 2.99. The first-order valence-corrected chi connectivity index (χ1v) is 13.5. The molecule has 2 bridgehead atoms. The Morgan fingerprint density at radius 3 is 1.74 bits per heavy atom. The van der Waals surface area contributed by atoms with Crippen LogP contribution in [0.3, 0.4) is 0 Å². The van der Waals surface area contributed by atoms with Gasteiger partial charge in [0.05, 0.1) is 6.61 Å². The second-order valence-electron chi connectivity index (χ2n) is 10.5. The van der Waals surface area contributed by atoms with Crippen molar-refractivity contribution in [3.8, 4) is 11.8 Å². The van der Waals surface area contributed by atoms with Gasteiger partial charge in [-0.3, -0.25) is 4.90 Å². The molecule has 3 aliphatic rings. The highest BCUT2D eigenvalue weighted by molar-refractivity contribution is 5.47. The van der Waals surface area contributed by atoms with Crippen molar-refractivity contribution in [1.82, 2.24) is 4.90 Å². The number of aliphatic hydroxyl groups is 1. The Labute approximate surface area is 225 Å². The first-order valence-electron chi connectivity index (χ1n) is 13.5. The van der Waals surface area contributed by atoms with E-state index in [0.717, 1.165) is 41.6 Å². The number of nitrogens with zero attached hydrogens (tertiary/aromatic N) is 1. The number of hydrogen-bond donors (Lipinski definition) is 1. The van der Waals surface area contributed by atoms with Gasteiger partial charge in [0.25, 0.3) is 0 Å². The van der Waals surface area contributed by atoms with Crippen molar-refractivity contribution in [1.29, 1.82) is 0 Å². The van der Waals surface area contributed by atoms with E-state index in [9.17, 15) is 5.11 Å². The highest BCUT2D eigenvalue weighted by Gasteiger charge is 2.49. The van der Waals surface area contributed by atoms with Crippen LogP contribution in [-0.4, -0.2) is 41.3 Å². The third-order valence-electron chi connectivity index (χ3n) is 8.19. The van der Waals surface area contributed by atoms with Crippen molar-refractivity contribution in [3.63, 3.8) is 0 Å². The smallest absolute Gasteiger partial charge is 0.143 e. The van der Waals surface area contributed by atoms with Gasteiger partial charge in [-0.25, -0.2) is 0 Å². The monoisotopic (exact) mass is 499 g/mol. The largest absolute Gasteiger partial charge is 0.376 e. The fourth-order valence-electron chi connectivity index (χ4n) is 6.19. The van der Waals surface area contributed by atoms with E-state index in [-0.39, 0.29) is 12.0 Å². The van der Waals surface area contributed by atoms with E-state index in [1.54, 1.807) is 0 Å². The summed E-state index contributed by atoms with van der Waals surface area (Å²) in [6.45, 7) is 2.08. The molecule has 190 valence electrons. The molecule has 3 saturated heterocycles. The van der Waals surface area contributed by atoms with E-state index in [1.807, 2.05) is 48.5 Å². The summed E-state index contributed by atoms with van der Waals surface area (Å²) < 4.78 is 7.12. The molecule has 38 heavy (non-hydrogen) atoms. The van der Waals surface area contributed by atoms with Gasteiger partial charge in [0, 0.05) is 24.1 Å². The summed E-state index contributed by atoms with van der Waals surface area (Å²) in [5.74, 6) is 6.59. The number of rotatable bonds is 6. The Morgan fingerprint density at radius 1 is 0.763 bits per heavy atom. The van der Waals surface area contributed by atoms with Crippen molar-refractivity contribution in [2.45, 2.75) is 30.1 Å². The summed E-state index contributed by atoms with van der Waals surface area (Å²) in [6.07, 6.45) is 1.83. The molecule has 0 radical (unpaired) electrons. The molecule has 1 unspecified atom stereocenters. The summed E-state index contributed by atoms with van der Waals surface area (Å²) in [5, 5.41) is 11.5. The molecule has 3 aliphatic heterocycles. The maximum atomic E-state index is 11.5. The van der Waals surface area contributed by atoms with Gasteiger partial charge < -0.3 is 9.84 Å². The molecule has 1 N–H and O–H groups in total. The van der Waals surface area contributed by atoms with E-state index in [0.29, 0.717) is 13.2 Å². The van der Waals surface area contributed by atoms with Gasteiger partial charge in [-0.1, -0.05) is 121 Å². The van der Waals surface area contributed by atoms with Crippen LogP contribution in [0.5, 0.6) is 0 Å². The minimum Gasteiger partial charge on any atom is -0.376 e. The summed E-state index contributed by atoms with van der Waals surface area (Å²) in [7, 11) is 0. The maximum Gasteiger partial charge on any atom is 0.143 e. The Balaban J connectivity index is 1.30. The van der Waals surface area contributed by atoms with Gasteiger partial charge in [0.1, 0.15) is 11.2 Å². The zero-order valence-corrected chi connectivity index (χ0v) is 21.5. The van der Waals surface area contributed by atoms with Gasteiger partial charge in [0.2, 0.25) is 0 Å². The Hall–Kier alpha value is -3.68. The molecule has 7 rings (SSSR count). The number of hydrogen-bond acceptors (Lipinski definition) is 3. The van der Waals surface area contributed by atoms with Gasteiger partial charge >= 0.3 is 0 Å². The molecular weight excluding hydrogens is 466 g/mol. The lowest BCUT2D eigenvalue weighted by molar-refractivity contribution is -0.124. The minimum absolute atomic E-state index is 0.136. The molecular formula is C35H33NO2. The topological polar surface area (TPSA) is 32.7 Å². The fraction of sp³-hybridized carbons (Fsp3) is 0.257. The van der Waals surface area contributed by atoms with Crippen LogP contribution in [0.25, 0.3) is 0 Å². The second-order valence-corrected chi connectivity index (χ2v) is 10.5. The number of piperidine rings is 3. The summed E-state index contributed by atoms with van der Waals surface area (Å²) in [6, 6.07) is 41.7. The highest BCUT2D eigenvalue weighted by atomic mass is 16.5. The van der Waals surface area contributed by atoms with Crippen LogP contribution in [0.4, 0.5) is 0 Å². The molecule has 0 amide bonds. The molecule has 4 atom stereocenters. The van der Waals surface area contributed by atoms with E-state index < -0.39 is 11.2 Å². The van der Waals surface area contributed by atoms with Crippen LogP contribution >= 0.6 is 0 Å². The standard InChI is InChI=1S/C35H33NO2/c37-34(23-21-28-13-5-1-6-14-28)27-36-24-22-32(34)25-33(36)26-38-35(29-15-7-2-8-16-29,30-17-9-3-10-18-30)31-19-11-4-12-20-31/h1-20,32-33,37H,22,24-27H2/t32-,33+,34-/m0/s1. The molecule has 3 nitrogen and oxygen atoms in total. The molecule has 0 saturated carbocycles. The Bertz CT molecular complexity index is 1300. The molecule has 3 heteroatoms. The fourth-order valence-corrected chi connectivity index (χ4v) is 6.19. The van der Waals surface area contributed by atoms with Crippen LogP contribution in [0.15, 0.2) is 121 Å². The molecule has 0 aromatic heterocycles. The number of fused-ring (bicyclic) bond motifs is 3. The molecule has 0 spiro atoms. The lowest BCUT2D eigenvalue weighted by Crippen LogP contribution is -2.63. The third kappa shape index (κ3) is 4.68. The first-order chi connectivity index (χ1) is 18.7. The SMILES string of the molecule is O[C@@]1(C#Cc2ccccc2)CN2CC[C@H]1C[C@@H]2COC(c1ccccc1)(c1ccccc1)c1ccccc1. The zero-order valence-electron chi connectivity index (χ0n) is 21.5. The zero-order chi connectivity index (χ0) is 25.8. The van der Waals surface area contributed by atoms with Crippen LogP contribution in [0.1, 0.15) is 35.1 Å². The van der Waals surface area contributed by atoms with Crippen LogP contribution < -0.4 is 0 Å². The van der Waals surface area contributed by atoms with Gasteiger partial charge in [-0.05, 0) is 48.2 Å². The predicted octanol–water partition coefficient (Wildman–Crippen LogP) is 5.87. The highest BCUT2D eigenvalue weighted by Crippen LogP contribution is 2.43. The second kappa shape index (κ2) is 10.6. The number of benzene rings is 4. The minimum atomic E-state index is -0.986. The summed E-state index contributed by atoms with van der Waals surface area (Å²) in [5.41, 5.74) is 2.55. The van der Waals surface area contributed by atoms with E-state index >= 15 is 0 Å². The van der Waals surface area contributed by atoms with Crippen molar-refractivity contribution in [2.75, 3.05) is 19.7 Å². The Kier molecular flexibility index (Phi) is 6.87. The molecule has 3 heterocycles. The predicted molar refractivity (Wildman–Crippen MR) is 152 cm³/mol. The maximum absolute atomic E-state index is 11.5. The summed E-state index contributed by atoms with van der Waals surface area (Å²) in [4.78, 5) is 2.38. The van der Waals surface area contributed by atoms with E-state index in [1.165, 1.54) is 0 Å². The van der Waals surface area contributed by atoms with Crippen LogP contribution in [0, 0.1) is 17.8 Å². The molecule has 4 aromatic rings. The first kappa shape index (κ1) is 24.6.